The van der Waals surface area contributed by atoms with Gasteiger partial charge in [0.05, 0.1) is 6.33 Å². The van der Waals surface area contributed by atoms with E-state index in [4.69, 9.17) is 16.3 Å². The van der Waals surface area contributed by atoms with Crippen LogP contribution >= 0.6 is 27.5 Å². The van der Waals surface area contributed by atoms with Crippen LogP contribution < -0.4 is 10.3 Å². The van der Waals surface area contributed by atoms with Crippen molar-refractivity contribution in [1.29, 1.82) is 0 Å². The first-order valence-electron chi connectivity index (χ1n) is 4.33. The van der Waals surface area contributed by atoms with E-state index < -0.39 is 5.56 Å². The summed E-state index contributed by atoms with van der Waals surface area (Å²) in [5.74, 6) is 0.649. The molecule has 0 radical (unpaired) electrons. The fourth-order valence-electron chi connectivity index (χ4n) is 1.05. The molecule has 82 valence electrons. The van der Waals surface area contributed by atoms with E-state index in [0.29, 0.717) is 5.75 Å². The van der Waals surface area contributed by atoms with Gasteiger partial charge >= 0.3 is 0 Å². The van der Waals surface area contributed by atoms with Crippen molar-refractivity contribution in [1.82, 2.24) is 9.97 Å². The Morgan fingerprint density at radius 2 is 2.00 bits per heavy atom. The number of nitrogens with one attached hydrogen (secondary N) is 1. The zero-order valence-electron chi connectivity index (χ0n) is 7.91. The number of ether oxygens (including phenoxy) is 1. The molecule has 4 nitrogen and oxygen atoms in total. The second-order valence-corrected chi connectivity index (χ2v) is 4.20. The first-order valence-corrected chi connectivity index (χ1v) is 5.50. The van der Waals surface area contributed by atoms with Crippen LogP contribution in [0.25, 0.3) is 0 Å². The second kappa shape index (κ2) is 4.67. The van der Waals surface area contributed by atoms with Crippen molar-refractivity contribution in [2.45, 2.75) is 0 Å². The molecule has 16 heavy (non-hydrogen) atoms. The quantitative estimate of drug-likeness (QED) is 0.928. The number of H-pyrrole nitrogens is 1. The SMILES string of the molecule is O=c1[nH]cnc(Oc2ccc(Br)cc2)c1Cl. The zero-order chi connectivity index (χ0) is 11.5. The molecule has 1 N–H and O–H groups in total. The Morgan fingerprint density at radius 1 is 1.31 bits per heavy atom. The van der Waals surface area contributed by atoms with Gasteiger partial charge in [0.2, 0.25) is 5.88 Å². The molecular weight excluding hydrogens is 295 g/mol. The number of halogens is 2. The largest absolute Gasteiger partial charge is 0.437 e. The van der Waals surface area contributed by atoms with Crippen molar-refractivity contribution in [2.75, 3.05) is 0 Å². The minimum Gasteiger partial charge on any atom is -0.437 e. The Balaban J connectivity index is 2.30. The number of aromatic amines is 1. The van der Waals surface area contributed by atoms with Crippen LogP contribution in [0.4, 0.5) is 0 Å². The Hall–Kier alpha value is -1.33. The fourth-order valence-corrected chi connectivity index (χ4v) is 1.46. The molecule has 0 saturated heterocycles. The predicted molar refractivity (Wildman–Crippen MR) is 64.1 cm³/mol. The maximum Gasteiger partial charge on any atom is 0.273 e. The summed E-state index contributed by atoms with van der Waals surface area (Å²) in [6, 6.07) is 7.11. The molecule has 0 aliphatic rings. The lowest BCUT2D eigenvalue weighted by Gasteiger charge is -2.04. The van der Waals surface area contributed by atoms with E-state index in [9.17, 15) is 4.79 Å². The van der Waals surface area contributed by atoms with Gasteiger partial charge in [0.1, 0.15) is 5.75 Å². The van der Waals surface area contributed by atoms with E-state index >= 15 is 0 Å². The third-order valence-electron chi connectivity index (χ3n) is 1.79. The third-order valence-corrected chi connectivity index (χ3v) is 2.65. The molecule has 0 spiro atoms. The topological polar surface area (TPSA) is 55.0 Å². The van der Waals surface area contributed by atoms with Crippen molar-refractivity contribution in [3.05, 3.63) is 50.4 Å². The average Bonchev–Trinajstić information content (AvgIpc) is 2.28. The number of benzene rings is 1. The van der Waals surface area contributed by atoms with Gasteiger partial charge in [-0.3, -0.25) is 4.79 Å². The van der Waals surface area contributed by atoms with Crippen LogP contribution in [0.15, 0.2) is 39.9 Å². The molecule has 0 saturated carbocycles. The van der Waals surface area contributed by atoms with Gasteiger partial charge in [0.25, 0.3) is 5.56 Å². The Morgan fingerprint density at radius 3 is 2.69 bits per heavy atom. The zero-order valence-corrected chi connectivity index (χ0v) is 10.2. The van der Waals surface area contributed by atoms with Crippen molar-refractivity contribution < 1.29 is 4.74 Å². The molecule has 2 rings (SSSR count). The minimum absolute atomic E-state index is 0.0644. The fraction of sp³-hybridized carbons (Fsp3) is 0. The molecule has 0 bridgehead atoms. The first kappa shape index (κ1) is 11.2. The van der Waals surface area contributed by atoms with Crippen molar-refractivity contribution in [3.8, 4) is 11.6 Å². The molecule has 0 fully saturated rings. The van der Waals surface area contributed by atoms with E-state index in [2.05, 4.69) is 25.9 Å². The molecule has 6 heteroatoms. The monoisotopic (exact) mass is 300 g/mol. The van der Waals surface area contributed by atoms with E-state index in [1.807, 2.05) is 12.1 Å². The Labute approximate surface area is 104 Å². The van der Waals surface area contributed by atoms with Crippen molar-refractivity contribution in [3.63, 3.8) is 0 Å². The summed E-state index contributed by atoms with van der Waals surface area (Å²) in [4.78, 5) is 17.4. The number of aromatic nitrogens is 2. The van der Waals surface area contributed by atoms with Crippen LogP contribution in [-0.2, 0) is 0 Å². The lowest BCUT2D eigenvalue weighted by molar-refractivity contribution is 0.461. The maximum atomic E-state index is 11.2. The lowest BCUT2D eigenvalue weighted by atomic mass is 10.3. The highest BCUT2D eigenvalue weighted by atomic mass is 79.9. The van der Waals surface area contributed by atoms with Crippen LogP contribution in [0.3, 0.4) is 0 Å². The van der Waals surface area contributed by atoms with Gasteiger partial charge in [-0.1, -0.05) is 27.5 Å². The molecule has 0 atom stereocenters. The molecule has 0 unspecified atom stereocenters. The lowest BCUT2D eigenvalue weighted by Crippen LogP contribution is -2.07. The molecule has 1 aromatic carbocycles. The van der Waals surface area contributed by atoms with Crippen LogP contribution in [0.2, 0.25) is 5.02 Å². The summed E-state index contributed by atoms with van der Waals surface area (Å²) in [6.07, 6.45) is 1.24. The standard InChI is InChI=1S/C10H6BrClN2O2/c11-6-1-3-7(4-2-6)16-10-8(12)9(15)13-5-14-10/h1-5H,(H,13,14,15). The van der Waals surface area contributed by atoms with Crippen LogP contribution in [0.1, 0.15) is 0 Å². The highest BCUT2D eigenvalue weighted by Crippen LogP contribution is 2.24. The molecular formula is C10H6BrClN2O2. The van der Waals surface area contributed by atoms with E-state index in [0.717, 1.165) is 4.47 Å². The van der Waals surface area contributed by atoms with Gasteiger partial charge in [0, 0.05) is 4.47 Å². The normalized spacial score (nSPS) is 10.1. The summed E-state index contributed by atoms with van der Waals surface area (Å²) >= 11 is 9.04. The highest BCUT2D eigenvalue weighted by Gasteiger charge is 2.07. The third kappa shape index (κ3) is 2.43. The number of hydrogen-bond donors (Lipinski definition) is 1. The molecule has 0 aliphatic heterocycles. The highest BCUT2D eigenvalue weighted by molar-refractivity contribution is 9.10. The number of nitrogens with zero attached hydrogens (tertiary/aromatic N) is 1. The average molecular weight is 302 g/mol. The van der Waals surface area contributed by atoms with E-state index in [1.165, 1.54) is 6.33 Å². The smallest absolute Gasteiger partial charge is 0.273 e. The van der Waals surface area contributed by atoms with Gasteiger partial charge in [0.15, 0.2) is 5.02 Å². The summed E-state index contributed by atoms with van der Waals surface area (Å²) in [6.45, 7) is 0. The summed E-state index contributed by atoms with van der Waals surface area (Å²) in [5, 5.41) is -0.0644. The Bertz CT molecular complexity index is 553. The summed E-state index contributed by atoms with van der Waals surface area (Å²) < 4.78 is 6.30. The number of hydrogen-bond acceptors (Lipinski definition) is 3. The van der Waals surface area contributed by atoms with Gasteiger partial charge in [-0.15, -0.1) is 0 Å². The van der Waals surface area contributed by atoms with E-state index in [-0.39, 0.29) is 10.9 Å². The van der Waals surface area contributed by atoms with Gasteiger partial charge in [-0.25, -0.2) is 4.98 Å². The molecule has 1 aromatic heterocycles. The Kier molecular flexibility index (Phi) is 3.26. The van der Waals surface area contributed by atoms with Gasteiger partial charge in [-0.2, -0.15) is 0 Å². The van der Waals surface area contributed by atoms with Crippen LogP contribution in [0, 0.1) is 0 Å². The van der Waals surface area contributed by atoms with Crippen molar-refractivity contribution >= 4 is 27.5 Å². The van der Waals surface area contributed by atoms with Crippen molar-refractivity contribution in [2.24, 2.45) is 0 Å². The van der Waals surface area contributed by atoms with Crippen LogP contribution in [0.5, 0.6) is 11.6 Å². The van der Waals surface area contributed by atoms with E-state index in [1.54, 1.807) is 12.1 Å². The summed E-state index contributed by atoms with van der Waals surface area (Å²) in [5.41, 5.74) is -0.427. The van der Waals surface area contributed by atoms with Crippen LogP contribution in [-0.4, -0.2) is 9.97 Å². The number of rotatable bonds is 2. The molecule has 0 amide bonds. The maximum absolute atomic E-state index is 11.2. The predicted octanol–water partition coefficient (Wildman–Crippen LogP) is 2.98. The van der Waals surface area contributed by atoms with Gasteiger partial charge in [-0.05, 0) is 24.3 Å². The molecule has 1 heterocycles. The molecule has 0 aliphatic carbocycles. The first-order chi connectivity index (χ1) is 7.66. The molecule has 2 aromatic rings. The summed E-state index contributed by atoms with van der Waals surface area (Å²) in [7, 11) is 0. The van der Waals surface area contributed by atoms with Gasteiger partial charge < -0.3 is 9.72 Å². The second-order valence-electron chi connectivity index (χ2n) is 2.91. The minimum atomic E-state index is -0.427.